The molecule has 2 saturated heterocycles. The van der Waals surface area contributed by atoms with Crippen LogP contribution in [0.2, 0.25) is 0 Å². The number of benzene rings is 1. The van der Waals surface area contributed by atoms with E-state index < -0.39 is 0 Å². The maximum Gasteiger partial charge on any atom is 0.248 e. The lowest BCUT2D eigenvalue weighted by Gasteiger charge is -2.39. The molecule has 3 rings (SSSR count). The maximum absolute atomic E-state index is 12.9. The van der Waals surface area contributed by atoms with Gasteiger partial charge in [-0.25, -0.2) is 0 Å². The van der Waals surface area contributed by atoms with Crippen molar-refractivity contribution in [1.82, 2.24) is 9.80 Å². The predicted octanol–water partition coefficient (Wildman–Crippen LogP) is 1.53. The number of likely N-dealkylation sites (tertiary alicyclic amines) is 1. The number of hydrogen-bond donors (Lipinski definition) is 0. The fraction of sp³-hybridized carbons (Fsp3) is 0.600. The van der Waals surface area contributed by atoms with E-state index in [2.05, 4.69) is 36.1 Å². The van der Waals surface area contributed by atoms with Gasteiger partial charge in [-0.2, -0.15) is 0 Å². The van der Waals surface area contributed by atoms with E-state index in [1.54, 1.807) is 4.90 Å². The van der Waals surface area contributed by atoms with Crippen LogP contribution in [0, 0.1) is 12.8 Å². The highest BCUT2D eigenvalue weighted by molar-refractivity contribution is 5.82. The van der Waals surface area contributed by atoms with E-state index in [1.165, 1.54) is 18.4 Å². The molecule has 142 valence electrons. The van der Waals surface area contributed by atoms with Gasteiger partial charge in [0, 0.05) is 52.1 Å². The van der Waals surface area contributed by atoms with Crippen molar-refractivity contribution in [3.8, 4) is 0 Å². The van der Waals surface area contributed by atoms with Crippen molar-refractivity contribution in [2.24, 2.45) is 5.92 Å². The molecule has 2 fully saturated rings. The summed E-state index contributed by atoms with van der Waals surface area (Å²) in [7, 11) is 1.53. The van der Waals surface area contributed by atoms with Crippen LogP contribution >= 0.6 is 0 Å². The van der Waals surface area contributed by atoms with E-state index in [9.17, 15) is 9.59 Å². The quantitative estimate of drug-likeness (QED) is 0.818. The number of methoxy groups -OCH3 is 1. The molecule has 0 N–H and O–H groups in total. The Labute approximate surface area is 155 Å². The average molecular weight is 359 g/mol. The van der Waals surface area contributed by atoms with E-state index in [1.807, 2.05) is 4.90 Å². The number of carbonyl (C=O) groups excluding carboxylic acids is 2. The summed E-state index contributed by atoms with van der Waals surface area (Å²) in [5.41, 5.74) is 2.48. The lowest BCUT2D eigenvalue weighted by atomic mass is 9.96. The molecule has 0 saturated carbocycles. The van der Waals surface area contributed by atoms with Gasteiger partial charge in [0.15, 0.2) is 0 Å². The van der Waals surface area contributed by atoms with Gasteiger partial charge in [-0.15, -0.1) is 0 Å². The molecule has 0 aliphatic carbocycles. The molecule has 6 heteroatoms. The minimum atomic E-state index is -0.0736. The van der Waals surface area contributed by atoms with Crippen LogP contribution in [0.1, 0.15) is 18.4 Å². The first-order chi connectivity index (χ1) is 12.6. The number of piperidine rings is 1. The molecule has 0 radical (unpaired) electrons. The Morgan fingerprint density at radius 1 is 1.04 bits per heavy atom. The smallest absolute Gasteiger partial charge is 0.248 e. The zero-order chi connectivity index (χ0) is 18.5. The summed E-state index contributed by atoms with van der Waals surface area (Å²) in [5, 5.41) is 0. The topological polar surface area (TPSA) is 53.1 Å². The number of aryl methyl sites for hydroxylation is 1. The van der Waals surface area contributed by atoms with Crippen molar-refractivity contribution < 1.29 is 14.3 Å². The van der Waals surface area contributed by atoms with E-state index >= 15 is 0 Å². The molecular formula is C20H29N3O3. The van der Waals surface area contributed by atoms with Crippen LogP contribution in [-0.4, -0.2) is 74.6 Å². The highest BCUT2D eigenvalue weighted by Crippen LogP contribution is 2.22. The zero-order valence-corrected chi connectivity index (χ0v) is 15.8. The van der Waals surface area contributed by atoms with Gasteiger partial charge in [-0.3, -0.25) is 9.59 Å². The molecule has 26 heavy (non-hydrogen) atoms. The van der Waals surface area contributed by atoms with Crippen LogP contribution in [0.4, 0.5) is 5.69 Å². The van der Waals surface area contributed by atoms with Crippen LogP contribution < -0.4 is 4.90 Å². The summed E-state index contributed by atoms with van der Waals surface area (Å²) in [4.78, 5) is 31.0. The van der Waals surface area contributed by atoms with Gasteiger partial charge in [0.25, 0.3) is 0 Å². The summed E-state index contributed by atoms with van der Waals surface area (Å²) in [5.74, 6) is 0.105. The van der Waals surface area contributed by atoms with Gasteiger partial charge in [-0.1, -0.05) is 17.7 Å². The van der Waals surface area contributed by atoms with Crippen molar-refractivity contribution >= 4 is 17.5 Å². The second-order valence-electron chi connectivity index (χ2n) is 7.26. The summed E-state index contributed by atoms with van der Waals surface area (Å²) in [6.45, 7) is 6.64. The number of rotatable bonds is 4. The van der Waals surface area contributed by atoms with Crippen molar-refractivity contribution in [2.75, 3.05) is 57.9 Å². The monoisotopic (exact) mass is 359 g/mol. The van der Waals surface area contributed by atoms with Gasteiger partial charge in [0.1, 0.15) is 6.61 Å². The van der Waals surface area contributed by atoms with E-state index in [-0.39, 0.29) is 24.3 Å². The van der Waals surface area contributed by atoms with Crippen LogP contribution in [0.5, 0.6) is 0 Å². The first kappa shape index (κ1) is 18.7. The number of nitrogens with zero attached hydrogens (tertiary/aromatic N) is 3. The Kier molecular flexibility index (Phi) is 6.14. The van der Waals surface area contributed by atoms with Gasteiger partial charge in [-0.05, 0) is 31.9 Å². The van der Waals surface area contributed by atoms with Gasteiger partial charge >= 0.3 is 0 Å². The third kappa shape index (κ3) is 4.36. The molecule has 1 aromatic rings. The van der Waals surface area contributed by atoms with Crippen LogP contribution in [-0.2, 0) is 14.3 Å². The molecule has 0 aromatic heterocycles. The normalized spacial score (nSPS) is 21.0. The highest BCUT2D eigenvalue weighted by Gasteiger charge is 2.32. The van der Waals surface area contributed by atoms with Crippen LogP contribution in [0.3, 0.4) is 0 Å². The average Bonchev–Trinajstić information content (AvgIpc) is 2.68. The fourth-order valence-electron chi connectivity index (χ4n) is 3.82. The van der Waals surface area contributed by atoms with Crippen molar-refractivity contribution in [2.45, 2.75) is 19.8 Å². The molecular weight excluding hydrogens is 330 g/mol. The molecule has 1 aromatic carbocycles. The second kappa shape index (κ2) is 8.54. The van der Waals surface area contributed by atoms with Crippen LogP contribution in [0.25, 0.3) is 0 Å². The second-order valence-corrected chi connectivity index (χ2v) is 7.26. The maximum atomic E-state index is 12.9. The fourth-order valence-corrected chi connectivity index (χ4v) is 3.82. The molecule has 2 heterocycles. The Morgan fingerprint density at radius 3 is 2.38 bits per heavy atom. The van der Waals surface area contributed by atoms with Crippen molar-refractivity contribution in [3.05, 3.63) is 29.8 Å². The number of anilines is 1. The lowest BCUT2D eigenvalue weighted by Crippen LogP contribution is -2.53. The molecule has 6 nitrogen and oxygen atoms in total. The minimum Gasteiger partial charge on any atom is -0.375 e. The number of piperazine rings is 1. The number of amides is 2. The van der Waals surface area contributed by atoms with Gasteiger partial charge in [0.05, 0.1) is 5.92 Å². The Bertz CT molecular complexity index is 624. The molecule has 0 spiro atoms. The molecule has 2 aliphatic rings. The molecule has 0 unspecified atom stereocenters. The highest BCUT2D eigenvalue weighted by atomic mass is 16.5. The lowest BCUT2D eigenvalue weighted by molar-refractivity contribution is -0.142. The molecule has 1 atom stereocenters. The summed E-state index contributed by atoms with van der Waals surface area (Å²) in [6.07, 6.45) is 1.75. The van der Waals surface area contributed by atoms with Crippen LogP contribution in [0.15, 0.2) is 24.3 Å². The van der Waals surface area contributed by atoms with Crippen molar-refractivity contribution in [3.63, 3.8) is 0 Å². The number of carbonyl (C=O) groups is 2. The number of hydrogen-bond acceptors (Lipinski definition) is 4. The van der Waals surface area contributed by atoms with Gasteiger partial charge in [0.2, 0.25) is 11.8 Å². The van der Waals surface area contributed by atoms with Gasteiger partial charge < -0.3 is 19.4 Å². The Balaban J connectivity index is 1.53. The zero-order valence-electron chi connectivity index (χ0n) is 15.8. The van der Waals surface area contributed by atoms with E-state index in [4.69, 9.17) is 4.74 Å². The number of ether oxygens (including phenoxy) is 1. The summed E-state index contributed by atoms with van der Waals surface area (Å²) < 4.78 is 4.94. The minimum absolute atomic E-state index is 0.0193. The summed E-state index contributed by atoms with van der Waals surface area (Å²) >= 11 is 0. The Hall–Kier alpha value is -2.08. The molecule has 2 aliphatic heterocycles. The molecule has 0 bridgehead atoms. The largest absolute Gasteiger partial charge is 0.375 e. The summed E-state index contributed by atoms with van der Waals surface area (Å²) in [6, 6.07) is 8.54. The third-order valence-electron chi connectivity index (χ3n) is 5.38. The Morgan fingerprint density at radius 2 is 1.73 bits per heavy atom. The van der Waals surface area contributed by atoms with Crippen molar-refractivity contribution in [1.29, 1.82) is 0 Å². The predicted molar refractivity (Wildman–Crippen MR) is 101 cm³/mol. The standard InChI is InChI=1S/C20H29N3O3/c1-16-5-7-18(8-6-16)21-10-12-22(13-11-21)20(25)17-4-3-9-23(14-17)19(24)15-26-2/h5-8,17H,3-4,9-15H2,1-2H3/t17-/m1/s1. The van der Waals surface area contributed by atoms with E-state index in [0.717, 1.165) is 45.6 Å². The SMILES string of the molecule is COCC(=O)N1CCC[C@@H](C(=O)N2CCN(c3ccc(C)cc3)CC2)C1. The molecule has 2 amide bonds. The van der Waals surface area contributed by atoms with E-state index in [0.29, 0.717) is 6.54 Å². The first-order valence-electron chi connectivity index (χ1n) is 9.45. The first-order valence-corrected chi connectivity index (χ1v) is 9.45. The third-order valence-corrected chi connectivity index (χ3v) is 5.38.